The Morgan fingerprint density at radius 3 is 2.31 bits per heavy atom. The Balaban J connectivity index is 2.82. The van der Waals surface area contributed by atoms with Crippen LogP contribution in [0.2, 0.25) is 5.02 Å². The zero-order chi connectivity index (χ0) is 9.90. The maximum absolute atomic E-state index is 11.2. The molecule has 1 radical (unpaired) electrons. The average molecular weight is 218 g/mol. The molecular formula is C9H10ClO2S. The summed E-state index contributed by atoms with van der Waals surface area (Å²) >= 11 is 5.65. The van der Waals surface area contributed by atoms with Crippen molar-refractivity contribution in [2.75, 3.05) is 5.75 Å². The normalized spacial score (nSPS) is 11.5. The van der Waals surface area contributed by atoms with E-state index < -0.39 is 9.84 Å². The molecule has 0 aliphatic carbocycles. The standard InChI is InChI=1S/C9H10ClO2S/c1-2-13(11,12)7-8-3-5-9(10)6-4-8/h3-7H,2H2,1H3. The van der Waals surface area contributed by atoms with E-state index >= 15 is 0 Å². The molecule has 0 saturated heterocycles. The van der Waals surface area contributed by atoms with E-state index in [4.69, 9.17) is 11.6 Å². The van der Waals surface area contributed by atoms with Crippen LogP contribution in [-0.4, -0.2) is 14.2 Å². The highest BCUT2D eigenvalue weighted by molar-refractivity contribution is 7.93. The summed E-state index contributed by atoms with van der Waals surface area (Å²) in [5, 5.41) is 0.603. The highest BCUT2D eigenvalue weighted by Crippen LogP contribution is 2.13. The molecule has 2 nitrogen and oxygen atoms in total. The highest BCUT2D eigenvalue weighted by Gasteiger charge is 2.08. The fraction of sp³-hybridized carbons (Fsp3) is 0.222. The molecule has 13 heavy (non-hydrogen) atoms. The van der Waals surface area contributed by atoms with Crippen LogP contribution in [0.25, 0.3) is 0 Å². The van der Waals surface area contributed by atoms with Gasteiger partial charge < -0.3 is 0 Å². The first kappa shape index (κ1) is 10.5. The van der Waals surface area contributed by atoms with Gasteiger partial charge in [0.15, 0.2) is 9.84 Å². The Hall–Kier alpha value is -0.540. The molecule has 1 aromatic rings. The second-order valence-corrected chi connectivity index (χ2v) is 5.20. The van der Waals surface area contributed by atoms with Gasteiger partial charge in [0.2, 0.25) is 0 Å². The van der Waals surface area contributed by atoms with Gasteiger partial charge in [-0.15, -0.1) is 0 Å². The Kier molecular flexibility index (Phi) is 3.33. The SMILES string of the molecule is CCS(=O)(=O)[CH]c1ccc(Cl)cc1. The second kappa shape index (κ2) is 4.11. The largest absolute Gasteiger partial charge is 0.228 e. The van der Waals surface area contributed by atoms with E-state index in [0.29, 0.717) is 10.6 Å². The summed E-state index contributed by atoms with van der Waals surface area (Å²) in [6, 6.07) is 6.68. The fourth-order valence-electron chi connectivity index (χ4n) is 0.832. The summed E-state index contributed by atoms with van der Waals surface area (Å²) in [7, 11) is -3.05. The first-order chi connectivity index (χ1) is 6.03. The molecule has 0 amide bonds. The van der Waals surface area contributed by atoms with E-state index in [1.165, 1.54) is 5.75 Å². The van der Waals surface area contributed by atoms with E-state index in [-0.39, 0.29) is 5.75 Å². The van der Waals surface area contributed by atoms with Crippen LogP contribution in [0.15, 0.2) is 24.3 Å². The molecule has 0 unspecified atom stereocenters. The average Bonchev–Trinajstić information content (AvgIpc) is 2.09. The molecule has 71 valence electrons. The summed E-state index contributed by atoms with van der Waals surface area (Å²) < 4.78 is 22.3. The summed E-state index contributed by atoms with van der Waals surface area (Å²) in [5.74, 6) is 1.37. The third kappa shape index (κ3) is 3.36. The molecule has 0 atom stereocenters. The molecule has 0 fully saturated rings. The van der Waals surface area contributed by atoms with E-state index in [1.54, 1.807) is 31.2 Å². The smallest absolute Gasteiger partial charge is 0.158 e. The van der Waals surface area contributed by atoms with E-state index in [2.05, 4.69) is 0 Å². The molecule has 1 aromatic carbocycles. The van der Waals surface area contributed by atoms with Crippen LogP contribution in [0.5, 0.6) is 0 Å². The minimum absolute atomic E-state index is 0.121. The fourth-order valence-corrected chi connectivity index (χ4v) is 1.70. The van der Waals surface area contributed by atoms with Crippen molar-refractivity contribution < 1.29 is 8.42 Å². The predicted molar refractivity (Wildman–Crippen MR) is 54.3 cm³/mol. The van der Waals surface area contributed by atoms with Crippen LogP contribution in [0.3, 0.4) is 0 Å². The summed E-state index contributed by atoms with van der Waals surface area (Å²) in [6.07, 6.45) is 0. The topological polar surface area (TPSA) is 34.1 Å². The number of hydrogen-bond donors (Lipinski definition) is 0. The van der Waals surface area contributed by atoms with Crippen molar-refractivity contribution in [2.45, 2.75) is 6.92 Å². The molecule has 0 N–H and O–H groups in total. The lowest BCUT2D eigenvalue weighted by molar-refractivity contribution is 0.603. The molecule has 0 aliphatic heterocycles. The maximum Gasteiger partial charge on any atom is 0.158 e. The van der Waals surface area contributed by atoms with Gasteiger partial charge in [-0.2, -0.15) is 0 Å². The van der Waals surface area contributed by atoms with Gasteiger partial charge in [0.1, 0.15) is 5.75 Å². The van der Waals surface area contributed by atoms with E-state index in [1.807, 2.05) is 0 Å². The monoisotopic (exact) mass is 217 g/mol. The Labute approximate surface area is 83.5 Å². The Bertz CT molecular complexity index is 367. The Morgan fingerprint density at radius 2 is 1.85 bits per heavy atom. The lowest BCUT2D eigenvalue weighted by Crippen LogP contribution is -2.03. The van der Waals surface area contributed by atoms with Crippen molar-refractivity contribution in [3.8, 4) is 0 Å². The summed E-state index contributed by atoms with van der Waals surface area (Å²) in [5.41, 5.74) is 0.659. The van der Waals surface area contributed by atoms with Gasteiger partial charge in [0, 0.05) is 10.8 Å². The van der Waals surface area contributed by atoms with Gasteiger partial charge in [0.25, 0.3) is 0 Å². The van der Waals surface area contributed by atoms with Crippen LogP contribution in [0.1, 0.15) is 12.5 Å². The molecule has 4 heteroatoms. The van der Waals surface area contributed by atoms with Crippen LogP contribution in [0, 0.1) is 5.75 Å². The molecule has 0 spiro atoms. The zero-order valence-corrected chi connectivity index (χ0v) is 8.77. The molecule has 1 rings (SSSR count). The summed E-state index contributed by atoms with van der Waals surface area (Å²) in [4.78, 5) is 0. The van der Waals surface area contributed by atoms with Gasteiger partial charge in [0.05, 0.1) is 0 Å². The summed E-state index contributed by atoms with van der Waals surface area (Å²) in [6.45, 7) is 1.61. The number of hydrogen-bond acceptors (Lipinski definition) is 2. The van der Waals surface area contributed by atoms with Crippen molar-refractivity contribution in [3.05, 3.63) is 40.6 Å². The van der Waals surface area contributed by atoms with Gasteiger partial charge in [-0.3, -0.25) is 0 Å². The number of sulfone groups is 1. The molecule has 0 aliphatic rings. The first-order valence-corrected chi connectivity index (χ1v) is 5.96. The van der Waals surface area contributed by atoms with Gasteiger partial charge in [-0.25, -0.2) is 8.42 Å². The van der Waals surface area contributed by atoms with Gasteiger partial charge >= 0.3 is 0 Å². The van der Waals surface area contributed by atoms with Crippen LogP contribution in [0.4, 0.5) is 0 Å². The first-order valence-electron chi connectivity index (χ1n) is 3.86. The predicted octanol–water partition coefficient (Wildman–Crippen LogP) is 2.28. The Morgan fingerprint density at radius 1 is 1.31 bits per heavy atom. The minimum Gasteiger partial charge on any atom is -0.228 e. The van der Waals surface area contributed by atoms with Crippen molar-refractivity contribution >= 4 is 21.4 Å². The number of rotatable bonds is 3. The zero-order valence-electron chi connectivity index (χ0n) is 7.20. The van der Waals surface area contributed by atoms with E-state index in [0.717, 1.165) is 0 Å². The second-order valence-electron chi connectivity index (χ2n) is 2.62. The van der Waals surface area contributed by atoms with E-state index in [9.17, 15) is 8.42 Å². The molecule has 0 heterocycles. The maximum atomic E-state index is 11.2. The van der Waals surface area contributed by atoms with Crippen molar-refractivity contribution in [2.24, 2.45) is 0 Å². The highest BCUT2D eigenvalue weighted by atomic mass is 35.5. The number of benzene rings is 1. The van der Waals surface area contributed by atoms with Crippen LogP contribution in [-0.2, 0) is 9.84 Å². The number of halogens is 1. The molecule has 0 aromatic heterocycles. The quantitative estimate of drug-likeness (QED) is 0.779. The lowest BCUT2D eigenvalue weighted by Gasteiger charge is -2.00. The van der Waals surface area contributed by atoms with Crippen molar-refractivity contribution in [1.82, 2.24) is 0 Å². The molecule has 0 saturated carbocycles. The van der Waals surface area contributed by atoms with Crippen LogP contribution >= 0.6 is 11.6 Å². The van der Waals surface area contributed by atoms with Crippen LogP contribution < -0.4 is 0 Å². The van der Waals surface area contributed by atoms with Gasteiger partial charge in [-0.05, 0) is 17.7 Å². The molecular weight excluding hydrogens is 208 g/mol. The third-order valence-electron chi connectivity index (χ3n) is 1.59. The van der Waals surface area contributed by atoms with Crippen molar-refractivity contribution in [1.29, 1.82) is 0 Å². The third-order valence-corrected chi connectivity index (χ3v) is 3.28. The molecule has 0 bridgehead atoms. The van der Waals surface area contributed by atoms with Gasteiger partial charge in [-0.1, -0.05) is 30.7 Å². The minimum atomic E-state index is -3.05. The lowest BCUT2D eigenvalue weighted by atomic mass is 10.2. The van der Waals surface area contributed by atoms with Crippen molar-refractivity contribution in [3.63, 3.8) is 0 Å².